The Kier molecular flexibility index (Phi) is 3.49. The summed E-state index contributed by atoms with van der Waals surface area (Å²) in [5.41, 5.74) is 0. The van der Waals surface area contributed by atoms with Crippen LogP contribution in [-0.2, 0) is 6.61 Å². The molecule has 0 aliphatic rings. The van der Waals surface area contributed by atoms with Gasteiger partial charge in [-0.25, -0.2) is 0 Å². The summed E-state index contributed by atoms with van der Waals surface area (Å²) in [6.45, 7) is 0.275. The number of aromatic nitrogens is 1. The molecule has 0 saturated carbocycles. The van der Waals surface area contributed by atoms with Crippen LogP contribution in [0.15, 0.2) is 35.0 Å². The largest absolute Gasteiger partial charge is 0.493 e. The van der Waals surface area contributed by atoms with Gasteiger partial charge in [-0.15, -0.1) is 0 Å². The summed E-state index contributed by atoms with van der Waals surface area (Å²) >= 11 is 0. The molecule has 17 heavy (non-hydrogen) atoms. The molecule has 0 unspecified atom stereocenters. The third-order valence-electron chi connectivity index (χ3n) is 2.23. The van der Waals surface area contributed by atoms with Gasteiger partial charge in [0.1, 0.15) is 6.61 Å². The first-order valence-electron chi connectivity index (χ1n) is 5.08. The molecule has 1 aromatic carbocycles. The third kappa shape index (κ3) is 2.50. The van der Waals surface area contributed by atoms with Crippen LogP contribution in [0.25, 0.3) is 0 Å². The molecule has 0 atom stereocenters. The summed E-state index contributed by atoms with van der Waals surface area (Å²) in [5.74, 6) is 2.42. The Balaban J connectivity index is 2.18. The van der Waals surface area contributed by atoms with E-state index >= 15 is 0 Å². The van der Waals surface area contributed by atoms with Gasteiger partial charge in [0, 0.05) is 6.07 Å². The van der Waals surface area contributed by atoms with Crippen molar-refractivity contribution in [3.8, 4) is 17.2 Å². The summed E-state index contributed by atoms with van der Waals surface area (Å²) < 4.78 is 21.0. The van der Waals surface area contributed by atoms with Crippen molar-refractivity contribution in [1.82, 2.24) is 5.16 Å². The van der Waals surface area contributed by atoms with Crippen molar-refractivity contribution in [3.05, 3.63) is 36.2 Å². The lowest BCUT2D eigenvalue weighted by Crippen LogP contribution is -1.99. The van der Waals surface area contributed by atoms with E-state index in [0.29, 0.717) is 23.0 Å². The Morgan fingerprint density at radius 3 is 2.35 bits per heavy atom. The zero-order valence-electron chi connectivity index (χ0n) is 9.67. The molecule has 0 bridgehead atoms. The first kappa shape index (κ1) is 11.3. The molecule has 0 aliphatic heterocycles. The molecular weight excluding hydrogens is 222 g/mol. The van der Waals surface area contributed by atoms with E-state index in [0.717, 1.165) is 0 Å². The van der Waals surface area contributed by atoms with Crippen LogP contribution >= 0.6 is 0 Å². The lowest BCUT2D eigenvalue weighted by molar-refractivity contribution is 0.229. The van der Waals surface area contributed by atoms with Crippen LogP contribution in [0.3, 0.4) is 0 Å². The van der Waals surface area contributed by atoms with Crippen molar-refractivity contribution in [2.24, 2.45) is 0 Å². The Bertz CT molecular complexity index is 445. The van der Waals surface area contributed by atoms with Gasteiger partial charge in [0.2, 0.25) is 5.75 Å². The van der Waals surface area contributed by atoms with Crippen LogP contribution in [0.1, 0.15) is 5.76 Å². The minimum atomic E-state index is 0.275. The van der Waals surface area contributed by atoms with E-state index in [2.05, 4.69) is 5.16 Å². The van der Waals surface area contributed by atoms with Crippen molar-refractivity contribution in [1.29, 1.82) is 0 Å². The summed E-state index contributed by atoms with van der Waals surface area (Å²) in [5, 5.41) is 3.60. The molecule has 0 aliphatic carbocycles. The Morgan fingerprint density at radius 2 is 1.82 bits per heavy atom. The van der Waals surface area contributed by atoms with E-state index in [1.165, 1.54) is 0 Å². The van der Waals surface area contributed by atoms with E-state index < -0.39 is 0 Å². The first-order valence-corrected chi connectivity index (χ1v) is 5.08. The second kappa shape index (κ2) is 5.25. The predicted molar refractivity (Wildman–Crippen MR) is 60.4 cm³/mol. The van der Waals surface area contributed by atoms with E-state index in [4.69, 9.17) is 18.7 Å². The lowest BCUT2D eigenvalue weighted by Gasteiger charge is -2.12. The molecule has 0 saturated heterocycles. The zero-order valence-corrected chi connectivity index (χ0v) is 9.67. The number of rotatable bonds is 5. The highest BCUT2D eigenvalue weighted by Gasteiger charge is 2.11. The molecular formula is C12H13NO4. The first-order chi connectivity index (χ1) is 8.35. The van der Waals surface area contributed by atoms with Gasteiger partial charge >= 0.3 is 0 Å². The van der Waals surface area contributed by atoms with E-state index in [9.17, 15) is 0 Å². The van der Waals surface area contributed by atoms with E-state index in [1.807, 2.05) is 6.07 Å². The van der Waals surface area contributed by atoms with Crippen LogP contribution in [0.4, 0.5) is 0 Å². The number of hydrogen-bond acceptors (Lipinski definition) is 5. The number of methoxy groups -OCH3 is 2. The van der Waals surface area contributed by atoms with Crippen molar-refractivity contribution >= 4 is 0 Å². The Morgan fingerprint density at radius 1 is 1.12 bits per heavy atom. The highest BCUT2D eigenvalue weighted by Crippen LogP contribution is 2.37. The average molecular weight is 235 g/mol. The van der Waals surface area contributed by atoms with Crippen molar-refractivity contribution in [2.45, 2.75) is 6.61 Å². The number of para-hydroxylation sites is 1. The van der Waals surface area contributed by atoms with Gasteiger partial charge in [-0.3, -0.25) is 0 Å². The standard InChI is InChI=1S/C12H13NO4/c1-14-10-4-3-5-11(15-2)12(10)16-8-9-6-7-13-17-9/h3-7H,8H2,1-2H3. The van der Waals surface area contributed by atoms with Gasteiger partial charge in [-0.2, -0.15) is 0 Å². The fourth-order valence-electron chi connectivity index (χ4n) is 1.42. The maximum absolute atomic E-state index is 5.61. The second-order valence-corrected chi connectivity index (χ2v) is 3.26. The maximum Gasteiger partial charge on any atom is 0.203 e. The number of hydrogen-bond donors (Lipinski definition) is 0. The highest BCUT2D eigenvalue weighted by molar-refractivity contribution is 5.51. The average Bonchev–Trinajstić information content (AvgIpc) is 2.88. The van der Waals surface area contributed by atoms with Crippen molar-refractivity contribution in [3.63, 3.8) is 0 Å². The molecule has 1 heterocycles. The van der Waals surface area contributed by atoms with Crippen molar-refractivity contribution in [2.75, 3.05) is 14.2 Å². The Hall–Kier alpha value is -2.17. The smallest absolute Gasteiger partial charge is 0.203 e. The molecule has 0 radical (unpaired) electrons. The fraction of sp³-hybridized carbons (Fsp3) is 0.250. The third-order valence-corrected chi connectivity index (χ3v) is 2.23. The van der Waals surface area contributed by atoms with E-state index in [-0.39, 0.29) is 6.61 Å². The molecule has 5 nitrogen and oxygen atoms in total. The summed E-state index contributed by atoms with van der Waals surface area (Å²) in [7, 11) is 3.16. The summed E-state index contributed by atoms with van der Waals surface area (Å²) in [6.07, 6.45) is 1.57. The zero-order chi connectivity index (χ0) is 12.1. The van der Waals surface area contributed by atoms with Gasteiger partial charge in [0.25, 0.3) is 0 Å². The SMILES string of the molecule is COc1cccc(OC)c1OCc1ccno1. The number of nitrogens with zero attached hydrogens (tertiary/aromatic N) is 1. The van der Waals surface area contributed by atoms with Crippen LogP contribution in [0.2, 0.25) is 0 Å². The van der Waals surface area contributed by atoms with Gasteiger partial charge in [0.05, 0.1) is 20.4 Å². The molecule has 0 spiro atoms. The van der Waals surface area contributed by atoms with Gasteiger partial charge < -0.3 is 18.7 Å². The van der Waals surface area contributed by atoms with Crippen LogP contribution in [0.5, 0.6) is 17.2 Å². The molecule has 0 N–H and O–H groups in total. The highest BCUT2D eigenvalue weighted by atomic mass is 16.5. The molecule has 5 heteroatoms. The van der Waals surface area contributed by atoms with Gasteiger partial charge in [0.15, 0.2) is 17.3 Å². The molecule has 0 fully saturated rings. The molecule has 1 aromatic heterocycles. The maximum atomic E-state index is 5.61. The summed E-state index contributed by atoms with van der Waals surface area (Å²) in [4.78, 5) is 0. The normalized spacial score (nSPS) is 10.0. The molecule has 2 rings (SSSR count). The minimum Gasteiger partial charge on any atom is -0.493 e. The summed E-state index contributed by atoms with van der Waals surface area (Å²) in [6, 6.07) is 7.18. The number of benzene rings is 1. The monoisotopic (exact) mass is 235 g/mol. The van der Waals surface area contributed by atoms with Crippen LogP contribution in [-0.4, -0.2) is 19.4 Å². The lowest BCUT2D eigenvalue weighted by atomic mass is 10.3. The van der Waals surface area contributed by atoms with Crippen LogP contribution < -0.4 is 14.2 Å². The predicted octanol–water partition coefficient (Wildman–Crippen LogP) is 2.27. The molecule has 0 amide bonds. The molecule has 2 aromatic rings. The van der Waals surface area contributed by atoms with Crippen molar-refractivity contribution < 1.29 is 18.7 Å². The number of ether oxygens (including phenoxy) is 3. The molecule has 90 valence electrons. The minimum absolute atomic E-state index is 0.275. The quantitative estimate of drug-likeness (QED) is 0.795. The van der Waals surface area contributed by atoms with Gasteiger partial charge in [-0.1, -0.05) is 11.2 Å². The topological polar surface area (TPSA) is 53.7 Å². The van der Waals surface area contributed by atoms with E-state index in [1.54, 1.807) is 38.6 Å². The van der Waals surface area contributed by atoms with Gasteiger partial charge in [-0.05, 0) is 12.1 Å². The second-order valence-electron chi connectivity index (χ2n) is 3.26. The Labute approximate surface area is 98.9 Å². The fourth-order valence-corrected chi connectivity index (χ4v) is 1.42. The van der Waals surface area contributed by atoms with Crippen LogP contribution in [0, 0.1) is 0 Å².